The lowest BCUT2D eigenvalue weighted by Gasteiger charge is -2.14. The van der Waals surface area contributed by atoms with Crippen LogP contribution < -0.4 is 10.6 Å². The summed E-state index contributed by atoms with van der Waals surface area (Å²) in [6, 6.07) is 4.13. The molecular formula is C14H18ClFN2O2. The number of urea groups is 1. The highest BCUT2D eigenvalue weighted by Gasteiger charge is 2.25. The number of amides is 2. The average Bonchev–Trinajstić information content (AvgIpc) is 2.85. The van der Waals surface area contributed by atoms with Gasteiger partial charge >= 0.3 is 6.03 Å². The molecule has 1 aliphatic carbocycles. The van der Waals surface area contributed by atoms with Crippen LogP contribution in [0.4, 0.5) is 9.18 Å². The molecule has 1 saturated carbocycles. The molecule has 0 aliphatic heterocycles. The van der Waals surface area contributed by atoms with E-state index >= 15 is 0 Å². The highest BCUT2D eigenvalue weighted by atomic mass is 35.5. The van der Waals surface area contributed by atoms with Gasteiger partial charge in [-0.1, -0.05) is 17.7 Å². The summed E-state index contributed by atoms with van der Waals surface area (Å²) in [5, 5.41) is 14.8. The zero-order valence-electron chi connectivity index (χ0n) is 11.0. The lowest BCUT2D eigenvalue weighted by Crippen LogP contribution is -2.40. The summed E-state index contributed by atoms with van der Waals surface area (Å²) in [5.41, 5.74) is 0.393. The Balaban J connectivity index is 1.78. The third-order valence-corrected chi connectivity index (χ3v) is 3.82. The molecule has 0 spiro atoms. The first-order valence-electron chi connectivity index (χ1n) is 6.67. The van der Waals surface area contributed by atoms with E-state index < -0.39 is 5.82 Å². The van der Waals surface area contributed by atoms with E-state index in [1.54, 1.807) is 12.1 Å². The predicted molar refractivity (Wildman–Crippen MR) is 75.0 cm³/mol. The van der Waals surface area contributed by atoms with Crippen LogP contribution in [0.5, 0.6) is 0 Å². The molecule has 110 valence electrons. The van der Waals surface area contributed by atoms with Gasteiger partial charge in [0.1, 0.15) is 5.82 Å². The van der Waals surface area contributed by atoms with E-state index in [-0.39, 0.29) is 31.1 Å². The van der Waals surface area contributed by atoms with Crippen LogP contribution in [-0.4, -0.2) is 23.8 Å². The van der Waals surface area contributed by atoms with E-state index in [2.05, 4.69) is 10.6 Å². The highest BCUT2D eigenvalue weighted by Crippen LogP contribution is 2.24. The maximum Gasteiger partial charge on any atom is 0.315 e. The zero-order chi connectivity index (χ0) is 14.5. The van der Waals surface area contributed by atoms with Crippen molar-refractivity contribution in [2.45, 2.75) is 31.8 Å². The minimum atomic E-state index is -0.431. The zero-order valence-corrected chi connectivity index (χ0v) is 11.8. The number of benzene rings is 1. The molecule has 0 saturated heterocycles. The number of aliphatic hydroxyl groups excluding tert-OH is 1. The SMILES string of the molecule is O=C(NCc1ccc(Cl)cc1F)N[C@H]1CC[C@@H](CO)C1. The molecule has 1 fully saturated rings. The fraction of sp³-hybridized carbons (Fsp3) is 0.500. The molecule has 20 heavy (non-hydrogen) atoms. The summed E-state index contributed by atoms with van der Waals surface area (Å²) < 4.78 is 13.5. The van der Waals surface area contributed by atoms with Crippen molar-refractivity contribution in [2.75, 3.05) is 6.61 Å². The van der Waals surface area contributed by atoms with Gasteiger partial charge in [-0.05, 0) is 37.3 Å². The number of halogens is 2. The Morgan fingerprint density at radius 1 is 1.45 bits per heavy atom. The van der Waals surface area contributed by atoms with Crippen molar-refractivity contribution in [3.63, 3.8) is 0 Å². The van der Waals surface area contributed by atoms with E-state index in [4.69, 9.17) is 16.7 Å². The molecule has 0 bridgehead atoms. The Hall–Kier alpha value is -1.33. The quantitative estimate of drug-likeness (QED) is 0.800. The van der Waals surface area contributed by atoms with Crippen molar-refractivity contribution >= 4 is 17.6 Å². The first-order chi connectivity index (χ1) is 9.58. The molecular weight excluding hydrogens is 283 g/mol. The molecule has 2 rings (SSSR count). The van der Waals surface area contributed by atoms with E-state index in [0.717, 1.165) is 19.3 Å². The second-order valence-corrected chi connectivity index (χ2v) is 5.56. The monoisotopic (exact) mass is 300 g/mol. The van der Waals surface area contributed by atoms with Gasteiger partial charge in [-0.2, -0.15) is 0 Å². The molecule has 2 atom stereocenters. The van der Waals surface area contributed by atoms with Crippen LogP contribution >= 0.6 is 11.6 Å². The molecule has 0 aromatic heterocycles. The fourth-order valence-electron chi connectivity index (χ4n) is 2.45. The Labute approximate surface area is 122 Å². The smallest absolute Gasteiger partial charge is 0.315 e. The maximum atomic E-state index is 13.5. The lowest BCUT2D eigenvalue weighted by molar-refractivity contribution is 0.223. The van der Waals surface area contributed by atoms with Gasteiger partial charge in [0.05, 0.1) is 0 Å². The van der Waals surface area contributed by atoms with Crippen LogP contribution in [0.3, 0.4) is 0 Å². The lowest BCUT2D eigenvalue weighted by atomic mass is 10.1. The molecule has 3 N–H and O–H groups in total. The number of hydrogen-bond acceptors (Lipinski definition) is 2. The highest BCUT2D eigenvalue weighted by molar-refractivity contribution is 6.30. The van der Waals surface area contributed by atoms with Gasteiger partial charge in [0, 0.05) is 29.8 Å². The minimum absolute atomic E-state index is 0.0854. The molecule has 0 heterocycles. The van der Waals surface area contributed by atoms with Crippen LogP contribution in [-0.2, 0) is 6.54 Å². The van der Waals surface area contributed by atoms with E-state index in [9.17, 15) is 9.18 Å². The molecule has 1 aliphatic rings. The van der Waals surface area contributed by atoms with Gasteiger partial charge in [-0.25, -0.2) is 9.18 Å². The Kier molecular flexibility index (Phi) is 5.20. The molecule has 0 radical (unpaired) electrons. The van der Waals surface area contributed by atoms with Crippen molar-refractivity contribution < 1.29 is 14.3 Å². The predicted octanol–water partition coefficient (Wildman–Crippen LogP) is 2.44. The Morgan fingerprint density at radius 2 is 2.25 bits per heavy atom. The number of carbonyl (C=O) groups excluding carboxylic acids is 1. The number of aliphatic hydroxyl groups is 1. The largest absolute Gasteiger partial charge is 0.396 e. The van der Waals surface area contributed by atoms with Gasteiger partial charge in [-0.15, -0.1) is 0 Å². The standard InChI is InChI=1S/C14H18ClFN2O2/c15-11-3-2-10(13(16)6-11)7-17-14(20)18-12-4-1-9(5-12)8-19/h2-3,6,9,12,19H,1,4-5,7-8H2,(H2,17,18,20)/t9-,12+/m1/s1. The van der Waals surface area contributed by atoms with Crippen molar-refractivity contribution in [1.29, 1.82) is 0 Å². The second-order valence-electron chi connectivity index (χ2n) is 5.12. The first kappa shape index (κ1) is 15.1. The fourth-order valence-corrected chi connectivity index (χ4v) is 2.61. The Bertz CT molecular complexity index is 484. The van der Waals surface area contributed by atoms with Gasteiger partial charge in [0.15, 0.2) is 0 Å². The third kappa shape index (κ3) is 4.08. The molecule has 1 aromatic carbocycles. The second kappa shape index (κ2) is 6.90. The number of hydrogen-bond donors (Lipinski definition) is 3. The summed E-state index contributed by atoms with van der Waals surface area (Å²) in [6.07, 6.45) is 2.58. The number of nitrogens with one attached hydrogen (secondary N) is 2. The molecule has 6 heteroatoms. The Morgan fingerprint density at radius 3 is 2.90 bits per heavy atom. The van der Waals surface area contributed by atoms with Crippen molar-refractivity contribution in [2.24, 2.45) is 5.92 Å². The van der Waals surface area contributed by atoms with E-state index in [1.165, 1.54) is 6.07 Å². The van der Waals surface area contributed by atoms with Crippen molar-refractivity contribution in [3.05, 3.63) is 34.6 Å². The minimum Gasteiger partial charge on any atom is -0.396 e. The van der Waals surface area contributed by atoms with E-state index in [1.807, 2.05) is 0 Å². The number of rotatable bonds is 4. The summed E-state index contributed by atoms with van der Waals surface area (Å²) in [7, 11) is 0. The van der Waals surface area contributed by atoms with Crippen molar-refractivity contribution in [3.8, 4) is 0 Å². The number of carbonyl (C=O) groups is 1. The van der Waals surface area contributed by atoms with Crippen LogP contribution in [0.1, 0.15) is 24.8 Å². The van der Waals surface area contributed by atoms with E-state index in [0.29, 0.717) is 10.6 Å². The summed E-state index contributed by atoms with van der Waals surface area (Å²) in [5.74, 6) is -0.159. The average molecular weight is 301 g/mol. The van der Waals surface area contributed by atoms with Crippen molar-refractivity contribution in [1.82, 2.24) is 10.6 Å². The molecule has 2 amide bonds. The molecule has 4 nitrogen and oxygen atoms in total. The van der Waals surface area contributed by atoms with Gasteiger partial charge in [0.25, 0.3) is 0 Å². The third-order valence-electron chi connectivity index (χ3n) is 3.59. The summed E-state index contributed by atoms with van der Waals surface area (Å²) in [4.78, 5) is 11.7. The van der Waals surface area contributed by atoms with Crippen LogP contribution in [0.25, 0.3) is 0 Å². The van der Waals surface area contributed by atoms with Crippen LogP contribution in [0, 0.1) is 11.7 Å². The molecule has 1 aromatic rings. The van der Waals surface area contributed by atoms with Crippen LogP contribution in [0.2, 0.25) is 5.02 Å². The maximum absolute atomic E-state index is 13.5. The summed E-state index contributed by atoms with van der Waals surface area (Å²) >= 11 is 5.66. The van der Waals surface area contributed by atoms with Crippen LogP contribution in [0.15, 0.2) is 18.2 Å². The van der Waals surface area contributed by atoms with Gasteiger partial charge in [-0.3, -0.25) is 0 Å². The van der Waals surface area contributed by atoms with Gasteiger partial charge < -0.3 is 15.7 Å². The topological polar surface area (TPSA) is 61.4 Å². The normalized spacial score (nSPS) is 21.8. The van der Waals surface area contributed by atoms with Gasteiger partial charge in [0.2, 0.25) is 0 Å². The first-order valence-corrected chi connectivity index (χ1v) is 7.05. The summed E-state index contributed by atoms with van der Waals surface area (Å²) in [6.45, 7) is 0.279. The molecule has 0 unspecified atom stereocenters.